The van der Waals surface area contributed by atoms with Crippen LogP contribution < -0.4 is 0 Å². The van der Waals surface area contributed by atoms with Crippen LogP contribution >= 0.6 is 0 Å². The number of rotatable bonds is 6. The van der Waals surface area contributed by atoms with Gasteiger partial charge in [0, 0.05) is 12.0 Å². The Morgan fingerprint density at radius 2 is 1.55 bits per heavy atom. The molecule has 126 valence electrons. The molecule has 0 saturated heterocycles. The van der Waals surface area contributed by atoms with Gasteiger partial charge in [-0.1, -0.05) is 32.3 Å². The van der Waals surface area contributed by atoms with Crippen LogP contribution in [0.4, 0.5) is 0 Å². The molecule has 22 heavy (non-hydrogen) atoms. The average Bonchev–Trinajstić information content (AvgIpc) is 2.48. The van der Waals surface area contributed by atoms with E-state index in [0.717, 1.165) is 44.9 Å². The molecule has 0 N–H and O–H groups in total. The monoisotopic (exact) mass is 308 g/mol. The van der Waals surface area contributed by atoms with E-state index in [0.29, 0.717) is 12.2 Å². The van der Waals surface area contributed by atoms with Crippen LogP contribution in [0.1, 0.15) is 84.5 Å². The van der Waals surface area contributed by atoms with Crippen LogP contribution in [0.2, 0.25) is 0 Å². The second-order valence-corrected chi connectivity index (χ2v) is 7.52. The van der Waals surface area contributed by atoms with Gasteiger partial charge in [-0.05, 0) is 52.4 Å². The third-order valence-corrected chi connectivity index (χ3v) is 5.34. The van der Waals surface area contributed by atoms with E-state index in [-0.39, 0.29) is 17.2 Å². The maximum absolute atomic E-state index is 12.0. The Kier molecular flexibility index (Phi) is 6.08. The van der Waals surface area contributed by atoms with Gasteiger partial charge in [0.05, 0.1) is 12.2 Å². The van der Waals surface area contributed by atoms with Crippen LogP contribution in [-0.4, -0.2) is 23.8 Å². The maximum atomic E-state index is 12.0. The van der Waals surface area contributed by atoms with E-state index >= 15 is 0 Å². The first kappa shape index (κ1) is 17.5. The molecule has 2 saturated carbocycles. The second kappa shape index (κ2) is 7.63. The molecule has 0 amide bonds. The highest BCUT2D eigenvalue weighted by molar-refractivity contribution is 5.87. The summed E-state index contributed by atoms with van der Waals surface area (Å²) in [5.74, 6) is -0.245. The lowest BCUT2D eigenvalue weighted by molar-refractivity contribution is -0.163. The van der Waals surface area contributed by atoms with Crippen LogP contribution in [0, 0.1) is 0 Å². The third kappa shape index (κ3) is 4.84. The summed E-state index contributed by atoms with van der Waals surface area (Å²) >= 11 is 0. The van der Waals surface area contributed by atoms with Gasteiger partial charge in [0.25, 0.3) is 0 Å². The van der Waals surface area contributed by atoms with Crippen molar-refractivity contribution in [3.63, 3.8) is 0 Å². The van der Waals surface area contributed by atoms with Crippen molar-refractivity contribution in [3.8, 4) is 0 Å². The van der Waals surface area contributed by atoms with Crippen molar-refractivity contribution in [2.75, 3.05) is 6.61 Å². The zero-order valence-corrected chi connectivity index (χ0v) is 14.4. The molecule has 2 aliphatic rings. The number of hydrogen-bond acceptors (Lipinski definition) is 3. The van der Waals surface area contributed by atoms with Gasteiger partial charge < -0.3 is 9.47 Å². The van der Waals surface area contributed by atoms with E-state index in [1.54, 1.807) is 6.92 Å². The van der Waals surface area contributed by atoms with E-state index in [9.17, 15) is 4.79 Å². The minimum Gasteiger partial charge on any atom is -0.456 e. The van der Waals surface area contributed by atoms with Gasteiger partial charge in [-0.3, -0.25) is 0 Å². The molecule has 0 atom stereocenters. The normalized spacial score (nSPS) is 23.7. The summed E-state index contributed by atoms with van der Waals surface area (Å²) in [6.07, 6.45) is 12.5. The Hall–Kier alpha value is -0.830. The molecule has 0 aromatic heterocycles. The van der Waals surface area contributed by atoms with Crippen molar-refractivity contribution < 1.29 is 14.3 Å². The van der Waals surface area contributed by atoms with Gasteiger partial charge in [-0.25, -0.2) is 4.79 Å². The molecule has 0 aromatic carbocycles. The molecule has 0 spiro atoms. The molecule has 3 nitrogen and oxygen atoms in total. The van der Waals surface area contributed by atoms with E-state index in [4.69, 9.17) is 9.47 Å². The highest BCUT2D eigenvalue weighted by Crippen LogP contribution is 2.37. The number of esters is 1. The van der Waals surface area contributed by atoms with Crippen molar-refractivity contribution >= 4 is 5.97 Å². The Morgan fingerprint density at radius 1 is 1.00 bits per heavy atom. The largest absolute Gasteiger partial charge is 0.456 e. The SMILES string of the molecule is C=C(C)C(=O)OC1(CCOC2(C)CCCCC2)CCCCC1. The zero-order valence-electron chi connectivity index (χ0n) is 14.4. The third-order valence-electron chi connectivity index (χ3n) is 5.34. The van der Waals surface area contributed by atoms with E-state index in [1.165, 1.54) is 25.7 Å². The van der Waals surface area contributed by atoms with Gasteiger partial charge in [-0.15, -0.1) is 0 Å². The minimum absolute atomic E-state index is 0.0342. The Bertz CT molecular complexity index is 387. The van der Waals surface area contributed by atoms with Crippen LogP contribution in [-0.2, 0) is 14.3 Å². The van der Waals surface area contributed by atoms with Crippen LogP contribution in [0.5, 0.6) is 0 Å². The predicted molar refractivity (Wildman–Crippen MR) is 88.8 cm³/mol. The highest BCUT2D eigenvalue weighted by atomic mass is 16.6. The number of carbonyl (C=O) groups is 1. The summed E-state index contributed by atoms with van der Waals surface area (Å²) in [5.41, 5.74) is 0.205. The number of ether oxygens (including phenoxy) is 2. The van der Waals surface area contributed by atoms with Crippen LogP contribution in [0.25, 0.3) is 0 Å². The highest BCUT2D eigenvalue weighted by Gasteiger charge is 2.37. The summed E-state index contributed by atoms with van der Waals surface area (Å²) in [7, 11) is 0. The number of carbonyl (C=O) groups excluding carboxylic acids is 1. The lowest BCUT2D eigenvalue weighted by Crippen LogP contribution is -2.40. The molecule has 0 heterocycles. The second-order valence-electron chi connectivity index (χ2n) is 7.52. The van der Waals surface area contributed by atoms with Crippen molar-refractivity contribution in [2.45, 2.75) is 95.7 Å². The summed E-state index contributed by atoms with van der Waals surface area (Å²) in [5, 5.41) is 0. The lowest BCUT2D eigenvalue weighted by atomic mass is 9.82. The predicted octanol–water partition coefficient (Wildman–Crippen LogP) is 4.94. The van der Waals surface area contributed by atoms with Crippen molar-refractivity contribution in [1.82, 2.24) is 0 Å². The minimum atomic E-state index is -0.320. The molecule has 3 heteroatoms. The average molecular weight is 308 g/mol. The van der Waals surface area contributed by atoms with Gasteiger partial charge in [-0.2, -0.15) is 0 Å². The smallest absolute Gasteiger partial charge is 0.333 e. The van der Waals surface area contributed by atoms with E-state index in [1.807, 2.05) is 0 Å². The van der Waals surface area contributed by atoms with E-state index in [2.05, 4.69) is 13.5 Å². The van der Waals surface area contributed by atoms with Gasteiger partial charge in [0.15, 0.2) is 0 Å². The summed E-state index contributed by atoms with van der Waals surface area (Å²) in [4.78, 5) is 12.0. The lowest BCUT2D eigenvalue weighted by Gasteiger charge is -2.39. The molecule has 0 bridgehead atoms. The molecule has 0 aromatic rings. The van der Waals surface area contributed by atoms with Gasteiger partial charge in [0.2, 0.25) is 0 Å². The molecule has 0 radical (unpaired) electrons. The van der Waals surface area contributed by atoms with E-state index < -0.39 is 0 Å². The Labute approximate surface area is 135 Å². The maximum Gasteiger partial charge on any atom is 0.333 e. The van der Waals surface area contributed by atoms with Gasteiger partial charge in [0.1, 0.15) is 5.60 Å². The summed E-state index contributed by atoms with van der Waals surface area (Å²) < 4.78 is 12.1. The summed E-state index contributed by atoms with van der Waals surface area (Å²) in [6.45, 7) is 8.36. The van der Waals surface area contributed by atoms with Crippen molar-refractivity contribution in [1.29, 1.82) is 0 Å². The first-order valence-electron chi connectivity index (χ1n) is 8.98. The fraction of sp³-hybridized carbons (Fsp3) is 0.842. The number of hydrogen-bond donors (Lipinski definition) is 0. The zero-order chi connectivity index (χ0) is 16.1. The molecule has 2 rings (SSSR count). The quantitative estimate of drug-likeness (QED) is 0.515. The topological polar surface area (TPSA) is 35.5 Å². The van der Waals surface area contributed by atoms with Crippen LogP contribution in [0.15, 0.2) is 12.2 Å². The molecular formula is C19H32O3. The Morgan fingerprint density at radius 3 is 2.09 bits per heavy atom. The standard InChI is InChI=1S/C19H32O3/c1-16(2)17(20)22-19(12-8-5-9-13-19)14-15-21-18(3)10-6-4-7-11-18/h1,4-15H2,2-3H3. The first-order chi connectivity index (χ1) is 10.4. The first-order valence-corrected chi connectivity index (χ1v) is 8.98. The fourth-order valence-corrected chi connectivity index (χ4v) is 3.81. The summed E-state index contributed by atoms with van der Waals surface area (Å²) in [6, 6.07) is 0. The molecule has 2 fully saturated rings. The van der Waals surface area contributed by atoms with Gasteiger partial charge >= 0.3 is 5.97 Å². The molecule has 2 aliphatic carbocycles. The Balaban J connectivity index is 1.89. The van der Waals surface area contributed by atoms with Crippen LogP contribution in [0.3, 0.4) is 0 Å². The fourth-order valence-electron chi connectivity index (χ4n) is 3.81. The molecule has 0 unspecified atom stereocenters. The molecule has 0 aliphatic heterocycles. The van der Waals surface area contributed by atoms with Crippen molar-refractivity contribution in [2.24, 2.45) is 0 Å². The van der Waals surface area contributed by atoms with Crippen molar-refractivity contribution in [3.05, 3.63) is 12.2 Å². The molecular weight excluding hydrogens is 276 g/mol.